The zero-order valence-corrected chi connectivity index (χ0v) is 16.7. The molecule has 3 rings (SSSR count). The maximum Gasteiger partial charge on any atom is 0.330 e. The Hall–Kier alpha value is -3.18. The van der Waals surface area contributed by atoms with E-state index in [4.69, 9.17) is 14.9 Å². The van der Waals surface area contributed by atoms with Gasteiger partial charge in [-0.25, -0.2) is 4.79 Å². The number of hydrogen-bond donors (Lipinski definition) is 3. The molecule has 162 valence electrons. The molecule has 0 aliphatic carbocycles. The molecule has 11 heteroatoms. The van der Waals surface area contributed by atoms with Gasteiger partial charge in [0.25, 0.3) is 5.56 Å². The lowest BCUT2D eigenvalue weighted by atomic mass is 10.1. The summed E-state index contributed by atoms with van der Waals surface area (Å²) in [4.78, 5) is 53.5. The largest absolute Gasteiger partial charge is 0.467 e. The van der Waals surface area contributed by atoms with Gasteiger partial charge in [0.15, 0.2) is 5.78 Å². The van der Waals surface area contributed by atoms with Crippen molar-refractivity contribution in [2.45, 2.75) is 32.0 Å². The Kier molecular flexibility index (Phi) is 6.85. The number of carbonyl (C=O) groups is 2. The lowest BCUT2D eigenvalue weighted by Crippen LogP contribution is -2.46. The normalized spacial score (nSPS) is 16.6. The Labute approximate surface area is 171 Å². The number of ether oxygens (including phenoxy) is 1. The number of rotatable bonds is 9. The first kappa shape index (κ1) is 21.5. The number of nitrogens with zero attached hydrogens (tertiary/aromatic N) is 2. The molecule has 0 spiro atoms. The molecule has 0 aromatic carbocycles. The number of aromatic nitrogens is 2. The minimum Gasteiger partial charge on any atom is -0.467 e. The second-order valence-corrected chi connectivity index (χ2v) is 7.01. The smallest absolute Gasteiger partial charge is 0.330 e. The van der Waals surface area contributed by atoms with Crippen LogP contribution in [0.4, 0.5) is 5.82 Å². The second kappa shape index (κ2) is 9.55. The van der Waals surface area contributed by atoms with E-state index in [1.54, 1.807) is 17.0 Å². The number of Topliss-reactive ketones (excluding diaryl/α,β-unsaturated/α-hetero) is 1. The van der Waals surface area contributed by atoms with Crippen LogP contribution in [0.3, 0.4) is 0 Å². The monoisotopic (exact) mass is 419 g/mol. The van der Waals surface area contributed by atoms with Gasteiger partial charge in [-0.05, 0) is 31.5 Å². The van der Waals surface area contributed by atoms with Crippen molar-refractivity contribution in [2.75, 3.05) is 32.5 Å². The van der Waals surface area contributed by atoms with Gasteiger partial charge in [0.05, 0.1) is 38.5 Å². The summed E-state index contributed by atoms with van der Waals surface area (Å²) in [6, 6.07) is 2.99. The van der Waals surface area contributed by atoms with Crippen molar-refractivity contribution in [2.24, 2.45) is 0 Å². The standard InChI is InChI=1S/C19H25N5O6/c1-29-9-7-24-16(20)15(18(27)22-19(24)28)14(25)11-23-6-2-5-13(23)17(26)21-10-12-4-3-8-30-12/h3-4,8,13H,2,5-7,9-11,20H2,1H3,(H,21,26)(H,22,27,28)/t13-/m0/s1. The third-order valence-electron chi connectivity index (χ3n) is 5.07. The molecule has 0 saturated carbocycles. The number of nitrogens with one attached hydrogen (secondary N) is 2. The minimum absolute atomic E-state index is 0.0970. The zero-order valence-electron chi connectivity index (χ0n) is 16.7. The highest BCUT2D eigenvalue weighted by Gasteiger charge is 2.33. The van der Waals surface area contributed by atoms with Crippen LogP contribution in [0.15, 0.2) is 32.4 Å². The summed E-state index contributed by atoms with van der Waals surface area (Å²) < 4.78 is 11.2. The van der Waals surface area contributed by atoms with Gasteiger partial charge in [-0.1, -0.05) is 0 Å². The van der Waals surface area contributed by atoms with E-state index >= 15 is 0 Å². The Morgan fingerprint density at radius 3 is 2.90 bits per heavy atom. The van der Waals surface area contributed by atoms with Crippen LogP contribution >= 0.6 is 0 Å². The van der Waals surface area contributed by atoms with Crippen molar-refractivity contribution in [3.05, 3.63) is 50.6 Å². The number of hydrogen-bond acceptors (Lipinski definition) is 8. The van der Waals surface area contributed by atoms with Crippen LogP contribution in [0.25, 0.3) is 0 Å². The molecule has 3 heterocycles. The Morgan fingerprint density at radius 2 is 2.20 bits per heavy atom. The van der Waals surface area contributed by atoms with Crippen LogP contribution in [-0.4, -0.2) is 59.0 Å². The van der Waals surface area contributed by atoms with Crippen molar-refractivity contribution >= 4 is 17.5 Å². The SMILES string of the molecule is COCCn1c(N)c(C(=O)CN2CCC[C@H]2C(=O)NCc2ccco2)c(=O)[nH]c1=O. The highest BCUT2D eigenvalue weighted by molar-refractivity contribution is 6.01. The quantitative estimate of drug-likeness (QED) is 0.452. The first-order chi connectivity index (χ1) is 14.4. The Balaban J connectivity index is 1.72. The van der Waals surface area contributed by atoms with Gasteiger partial charge in [-0.3, -0.25) is 28.8 Å². The van der Waals surface area contributed by atoms with Crippen molar-refractivity contribution in [3.8, 4) is 0 Å². The van der Waals surface area contributed by atoms with Crippen molar-refractivity contribution in [1.29, 1.82) is 0 Å². The summed E-state index contributed by atoms with van der Waals surface area (Å²) in [7, 11) is 1.46. The summed E-state index contributed by atoms with van der Waals surface area (Å²) >= 11 is 0. The molecule has 1 amide bonds. The lowest BCUT2D eigenvalue weighted by molar-refractivity contribution is -0.125. The molecular formula is C19H25N5O6. The molecule has 1 atom stereocenters. The molecule has 0 bridgehead atoms. The topological polar surface area (TPSA) is 153 Å². The highest BCUT2D eigenvalue weighted by atomic mass is 16.5. The van der Waals surface area contributed by atoms with E-state index < -0.39 is 23.1 Å². The number of ketones is 1. The molecule has 30 heavy (non-hydrogen) atoms. The molecule has 1 aliphatic heterocycles. The molecule has 11 nitrogen and oxygen atoms in total. The first-order valence-electron chi connectivity index (χ1n) is 9.61. The Morgan fingerprint density at radius 1 is 1.40 bits per heavy atom. The number of likely N-dealkylation sites (tertiary alicyclic amines) is 1. The molecule has 1 saturated heterocycles. The van der Waals surface area contributed by atoms with Crippen LogP contribution < -0.4 is 22.3 Å². The number of H-pyrrole nitrogens is 1. The summed E-state index contributed by atoms with van der Waals surface area (Å²) in [5.41, 5.74) is 4.13. The molecular weight excluding hydrogens is 394 g/mol. The van der Waals surface area contributed by atoms with E-state index in [0.717, 1.165) is 11.0 Å². The van der Waals surface area contributed by atoms with Gasteiger partial charge in [-0.15, -0.1) is 0 Å². The summed E-state index contributed by atoms with van der Waals surface area (Å²) in [6.45, 7) is 0.912. The third-order valence-corrected chi connectivity index (χ3v) is 5.07. The fourth-order valence-corrected chi connectivity index (χ4v) is 3.54. The average molecular weight is 419 g/mol. The zero-order chi connectivity index (χ0) is 21.7. The fourth-order valence-electron chi connectivity index (χ4n) is 3.54. The van der Waals surface area contributed by atoms with Gasteiger partial charge in [-0.2, -0.15) is 0 Å². The molecule has 1 aliphatic rings. The van der Waals surface area contributed by atoms with Crippen LogP contribution in [0.5, 0.6) is 0 Å². The molecule has 1 fully saturated rings. The second-order valence-electron chi connectivity index (χ2n) is 7.01. The van der Waals surface area contributed by atoms with Crippen LogP contribution in [-0.2, 0) is 22.6 Å². The van der Waals surface area contributed by atoms with Gasteiger partial charge in [0.2, 0.25) is 5.91 Å². The molecule has 4 N–H and O–H groups in total. The maximum atomic E-state index is 12.9. The number of furan rings is 1. The Bertz CT molecular complexity index is 1010. The van der Waals surface area contributed by atoms with Crippen molar-refractivity contribution in [3.63, 3.8) is 0 Å². The van der Waals surface area contributed by atoms with Gasteiger partial charge in [0, 0.05) is 7.11 Å². The van der Waals surface area contributed by atoms with E-state index in [0.29, 0.717) is 18.7 Å². The summed E-state index contributed by atoms with van der Waals surface area (Å²) in [5.74, 6) is -0.347. The number of aromatic amines is 1. The van der Waals surface area contributed by atoms with E-state index in [9.17, 15) is 19.2 Å². The van der Waals surface area contributed by atoms with E-state index in [2.05, 4.69) is 10.3 Å². The van der Waals surface area contributed by atoms with Crippen molar-refractivity contribution in [1.82, 2.24) is 19.8 Å². The maximum absolute atomic E-state index is 12.9. The third kappa shape index (κ3) is 4.69. The first-order valence-corrected chi connectivity index (χ1v) is 9.61. The number of amides is 1. The van der Waals surface area contributed by atoms with Crippen molar-refractivity contribution < 1.29 is 18.7 Å². The van der Waals surface area contributed by atoms with Gasteiger partial charge < -0.3 is 20.2 Å². The highest BCUT2D eigenvalue weighted by Crippen LogP contribution is 2.18. The lowest BCUT2D eigenvalue weighted by Gasteiger charge is -2.23. The summed E-state index contributed by atoms with van der Waals surface area (Å²) in [6.07, 6.45) is 2.86. The average Bonchev–Trinajstić information content (AvgIpc) is 3.37. The van der Waals surface area contributed by atoms with E-state index in [-0.39, 0.29) is 43.5 Å². The number of methoxy groups -OCH3 is 1. The number of nitrogen functional groups attached to an aromatic ring is 1. The molecule has 2 aromatic rings. The van der Waals surface area contributed by atoms with Crippen LogP contribution in [0.2, 0.25) is 0 Å². The fraction of sp³-hybridized carbons (Fsp3) is 0.474. The number of anilines is 1. The summed E-state index contributed by atoms with van der Waals surface area (Å²) in [5, 5.41) is 2.79. The number of carbonyl (C=O) groups excluding carboxylic acids is 2. The predicted molar refractivity (Wildman–Crippen MR) is 107 cm³/mol. The van der Waals surface area contributed by atoms with E-state index in [1.165, 1.54) is 13.4 Å². The van der Waals surface area contributed by atoms with Crippen LogP contribution in [0, 0.1) is 0 Å². The van der Waals surface area contributed by atoms with Gasteiger partial charge in [0.1, 0.15) is 17.1 Å². The number of nitrogens with two attached hydrogens (primary N) is 1. The predicted octanol–water partition coefficient (Wildman–Crippen LogP) is -0.678. The van der Waals surface area contributed by atoms with Gasteiger partial charge >= 0.3 is 5.69 Å². The molecule has 0 unspecified atom stereocenters. The van der Waals surface area contributed by atoms with E-state index in [1.807, 2.05) is 0 Å². The minimum atomic E-state index is -0.839. The molecule has 0 radical (unpaired) electrons. The molecule has 2 aromatic heterocycles. The van der Waals surface area contributed by atoms with Crippen LogP contribution in [0.1, 0.15) is 29.0 Å².